The van der Waals surface area contributed by atoms with Crippen LogP contribution in [-0.4, -0.2) is 25.2 Å². The van der Waals surface area contributed by atoms with Crippen molar-refractivity contribution in [1.82, 2.24) is 0 Å². The zero-order chi connectivity index (χ0) is 18.0. The number of fused-ring (bicyclic) bond motifs is 1. The molecule has 0 aromatic heterocycles. The van der Waals surface area contributed by atoms with Gasteiger partial charge in [-0.3, -0.25) is 9.59 Å². The summed E-state index contributed by atoms with van der Waals surface area (Å²) >= 11 is 0. The van der Waals surface area contributed by atoms with Gasteiger partial charge in [-0.2, -0.15) is 0 Å². The van der Waals surface area contributed by atoms with E-state index in [0.29, 0.717) is 18.8 Å². The number of carbonyl (C=O) groups excluding carboxylic acids is 2. The Morgan fingerprint density at radius 1 is 1.04 bits per heavy atom. The minimum atomic E-state index is -1.18. The fourth-order valence-electron chi connectivity index (χ4n) is 4.63. The van der Waals surface area contributed by atoms with Gasteiger partial charge in [-0.05, 0) is 56.4 Å². The third-order valence-electron chi connectivity index (χ3n) is 5.75. The molecular formula is C21H26O4. The van der Waals surface area contributed by atoms with Gasteiger partial charge in [-0.15, -0.1) is 0 Å². The van der Waals surface area contributed by atoms with Crippen LogP contribution >= 0.6 is 0 Å². The number of hydrogen-bond acceptors (Lipinski definition) is 4. The number of allylic oxidation sites excluding steroid dienone is 1. The van der Waals surface area contributed by atoms with E-state index in [1.165, 1.54) is 5.56 Å². The highest BCUT2D eigenvalue weighted by atomic mass is 16.6. The molecule has 0 spiro atoms. The molecule has 4 nitrogen and oxygen atoms in total. The third-order valence-corrected chi connectivity index (χ3v) is 5.75. The Morgan fingerprint density at radius 3 is 2.20 bits per heavy atom. The first-order valence-electron chi connectivity index (χ1n) is 9.10. The Bertz CT molecular complexity index is 646. The Kier molecular flexibility index (Phi) is 4.98. The summed E-state index contributed by atoms with van der Waals surface area (Å²) in [5.74, 6) is -0.197. The molecule has 0 heterocycles. The van der Waals surface area contributed by atoms with Crippen LogP contribution in [0.25, 0.3) is 0 Å². The average Bonchev–Trinajstić information content (AvgIpc) is 3.15. The maximum atomic E-state index is 12.7. The van der Waals surface area contributed by atoms with E-state index < -0.39 is 17.4 Å². The largest absolute Gasteiger partial charge is 0.465 e. The minimum Gasteiger partial charge on any atom is -0.465 e. The van der Waals surface area contributed by atoms with Gasteiger partial charge in [0.2, 0.25) is 0 Å². The van der Waals surface area contributed by atoms with Gasteiger partial charge in [-0.1, -0.05) is 42.5 Å². The summed E-state index contributed by atoms with van der Waals surface area (Å²) in [7, 11) is 0. The zero-order valence-electron chi connectivity index (χ0n) is 15.0. The topological polar surface area (TPSA) is 52.6 Å². The second-order valence-corrected chi connectivity index (χ2v) is 7.08. The third kappa shape index (κ3) is 2.99. The molecule has 1 aromatic carbocycles. The lowest BCUT2D eigenvalue weighted by molar-refractivity contribution is -0.172. The predicted molar refractivity (Wildman–Crippen MR) is 94.9 cm³/mol. The lowest BCUT2D eigenvalue weighted by Gasteiger charge is -2.26. The van der Waals surface area contributed by atoms with Gasteiger partial charge in [0.1, 0.15) is 0 Å². The van der Waals surface area contributed by atoms with E-state index in [4.69, 9.17) is 9.47 Å². The maximum Gasteiger partial charge on any atom is 0.323 e. The van der Waals surface area contributed by atoms with Crippen LogP contribution in [-0.2, 0) is 19.1 Å². The molecule has 2 saturated carbocycles. The second-order valence-electron chi connectivity index (χ2n) is 7.08. The number of rotatable bonds is 5. The van der Waals surface area contributed by atoms with Crippen molar-refractivity contribution in [3.8, 4) is 0 Å². The highest BCUT2D eigenvalue weighted by molar-refractivity contribution is 6.00. The molecule has 0 aliphatic heterocycles. The number of carbonyl (C=O) groups is 2. The highest BCUT2D eigenvalue weighted by Gasteiger charge is 2.61. The number of esters is 2. The Morgan fingerprint density at radius 2 is 1.64 bits per heavy atom. The predicted octanol–water partition coefficient (Wildman–Crippen LogP) is 3.87. The molecule has 3 atom stereocenters. The second kappa shape index (κ2) is 7.03. The van der Waals surface area contributed by atoms with Crippen molar-refractivity contribution in [2.45, 2.75) is 39.0 Å². The molecule has 0 amide bonds. The molecule has 0 bridgehead atoms. The van der Waals surface area contributed by atoms with Crippen molar-refractivity contribution in [1.29, 1.82) is 0 Å². The highest BCUT2D eigenvalue weighted by Crippen LogP contribution is 2.60. The van der Waals surface area contributed by atoms with Gasteiger partial charge in [0.15, 0.2) is 5.41 Å². The number of hydrogen-bond donors (Lipinski definition) is 0. The molecule has 3 rings (SSSR count). The van der Waals surface area contributed by atoms with E-state index in [9.17, 15) is 9.59 Å². The fraction of sp³-hybridized carbons (Fsp3) is 0.524. The molecule has 25 heavy (non-hydrogen) atoms. The average molecular weight is 342 g/mol. The maximum absolute atomic E-state index is 12.7. The molecule has 1 aromatic rings. The first kappa shape index (κ1) is 17.7. The smallest absolute Gasteiger partial charge is 0.323 e. The van der Waals surface area contributed by atoms with Crippen molar-refractivity contribution in [2.75, 3.05) is 13.2 Å². The molecule has 0 saturated heterocycles. The van der Waals surface area contributed by atoms with E-state index in [2.05, 4.69) is 18.7 Å². The van der Waals surface area contributed by atoms with Crippen LogP contribution in [0.15, 0.2) is 42.5 Å². The van der Waals surface area contributed by atoms with E-state index in [1.54, 1.807) is 13.8 Å². The minimum absolute atomic E-state index is 0.166. The van der Waals surface area contributed by atoms with Crippen LogP contribution in [0.4, 0.5) is 0 Å². The van der Waals surface area contributed by atoms with Gasteiger partial charge in [0.05, 0.1) is 13.2 Å². The summed E-state index contributed by atoms with van der Waals surface area (Å²) in [5, 5.41) is 0. The number of ether oxygens (including phenoxy) is 2. The standard InChI is InChI=1S/C21H26O4/c1-4-24-19(22)21(20(23)25-5-2)12-17-14(3)11-16(18(17)13-21)15-9-7-6-8-10-15/h6-10,16-18H,3-5,11-13H2,1-2H3/t16-,17+,18-/m0/s1. The van der Waals surface area contributed by atoms with Crippen molar-refractivity contribution in [2.24, 2.45) is 17.3 Å². The van der Waals surface area contributed by atoms with Gasteiger partial charge < -0.3 is 9.47 Å². The summed E-state index contributed by atoms with van der Waals surface area (Å²) in [5.41, 5.74) is 1.20. The van der Waals surface area contributed by atoms with E-state index in [-0.39, 0.29) is 25.0 Å². The first-order valence-corrected chi connectivity index (χ1v) is 9.10. The summed E-state index contributed by atoms with van der Waals surface area (Å²) in [6.45, 7) is 8.29. The summed E-state index contributed by atoms with van der Waals surface area (Å²) in [4.78, 5) is 25.4. The molecule has 134 valence electrons. The van der Waals surface area contributed by atoms with E-state index >= 15 is 0 Å². The molecular weight excluding hydrogens is 316 g/mol. The molecule has 2 aliphatic rings. The Hall–Kier alpha value is -2.10. The molecule has 0 unspecified atom stereocenters. The normalized spacial score (nSPS) is 27.0. The van der Waals surface area contributed by atoms with Crippen LogP contribution in [0.3, 0.4) is 0 Å². The fourth-order valence-corrected chi connectivity index (χ4v) is 4.63. The lowest BCUT2D eigenvalue weighted by atomic mass is 9.80. The Balaban J connectivity index is 1.93. The van der Waals surface area contributed by atoms with Crippen molar-refractivity contribution in [3.63, 3.8) is 0 Å². The van der Waals surface area contributed by atoms with E-state index in [1.807, 2.05) is 18.2 Å². The quantitative estimate of drug-likeness (QED) is 0.463. The number of benzene rings is 1. The van der Waals surface area contributed by atoms with Gasteiger partial charge in [-0.25, -0.2) is 0 Å². The van der Waals surface area contributed by atoms with Gasteiger partial charge in [0.25, 0.3) is 0 Å². The zero-order valence-corrected chi connectivity index (χ0v) is 15.0. The molecule has 2 aliphatic carbocycles. The van der Waals surface area contributed by atoms with Crippen LogP contribution in [0.2, 0.25) is 0 Å². The van der Waals surface area contributed by atoms with Crippen molar-refractivity contribution in [3.05, 3.63) is 48.0 Å². The molecule has 0 N–H and O–H groups in total. The van der Waals surface area contributed by atoms with Crippen LogP contribution < -0.4 is 0 Å². The first-order chi connectivity index (χ1) is 12.0. The summed E-state index contributed by atoms with van der Waals surface area (Å²) in [6, 6.07) is 10.3. The lowest BCUT2D eigenvalue weighted by Crippen LogP contribution is -2.40. The van der Waals surface area contributed by atoms with Crippen LogP contribution in [0.5, 0.6) is 0 Å². The van der Waals surface area contributed by atoms with E-state index in [0.717, 1.165) is 12.0 Å². The monoisotopic (exact) mass is 342 g/mol. The summed E-state index contributed by atoms with van der Waals surface area (Å²) in [6.07, 6.45) is 1.85. The molecule has 0 radical (unpaired) electrons. The van der Waals surface area contributed by atoms with Crippen molar-refractivity contribution >= 4 is 11.9 Å². The Labute approximate surface area is 149 Å². The molecule has 4 heteroatoms. The van der Waals surface area contributed by atoms with Crippen LogP contribution in [0.1, 0.15) is 44.6 Å². The summed E-state index contributed by atoms with van der Waals surface area (Å²) < 4.78 is 10.5. The molecule has 2 fully saturated rings. The van der Waals surface area contributed by atoms with Gasteiger partial charge >= 0.3 is 11.9 Å². The SMILES string of the molecule is C=C1C[C@@H](c2ccccc2)[C@@H]2CC(C(=O)OCC)(C(=O)OCC)C[C@H]12. The van der Waals surface area contributed by atoms with Gasteiger partial charge in [0, 0.05) is 0 Å². The van der Waals surface area contributed by atoms with Crippen molar-refractivity contribution < 1.29 is 19.1 Å². The van der Waals surface area contributed by atoms with Crippen LogP contribution in [0, 0.1) is 17.3 Å².